The first-order valence-electron chi connectivity index (χ1n) is 6.06. The van der Waals surface area contributed by atoms with Crippen molar-refractivity contribution < 1.29 is 9.53 Å². The van der Waals surface area contributed by atoms with Crippen LogP contribution in [0.15, 0.2) is 42.6 Å². The summed E-state index contributed by atoms with van der Waals surface area (Å²) in [6.07, 6.45) is 1.73. The molecular weight excluding hydrogens is 240 g/mol. The second-order valence-electron chi connectivity index (χ2n) is 4.01. The maximum Gasteiger partial charge on any atom is 0.182 e. The number of rotatable bonds is 5. The van der Waals surface area contributed by atoms with Crippen molar-refractivity contribution in [3.63, 3.8) is 0 Å². The van der Waals surface area contributed by atoms with Gasteiger partial charge in [0.2, 0.25) is 0 Å². The highest BCUT2D eigenvalue weighted by atomic mass is 16.5. The summed E-state index contributed by atoms with van der Waals surface area (Å²) in [4.78, 5) is 12.1. The average molecular weight is 254 g/mol. The Hall–Kier alpha value is -2.54. The first-order chi connectivity index (χ1) is 9.24. The molecule has 0 aliphatic carbocycles. The molecule has 0 radical (unpaired) electrons. The molecule has 0 amide bonds. The van der Waals surface area contributed by atoms with E-state index in [0.717, 1.165) is 5.75 Å². The number of aromatic nitrogens is 1. The Labute approximate surface area is 111 Å². The number of nitrogens with zero attached hydrogens (tertiary/aromatic N) is 2. The molecule has 0 atom stereocenters. The molecule has 0 aliphatic rings. The minimum Gasteiger partial charge on any atom is -0.494 e. The number of carbonyl (C=O) groups excluding carboxylic acids is 1. The van der Waals surface area contributed by atoms with Crippen LogP contribution in [0.1, 0.15) is 23.0 Å². The summed E-state index contributed by atoms with van der Waals surface area (Å²) in [5.74, 6) is 0.716. The molecule has 1 aromatic carbocycles. The molecule has 2 aromatic rings. The molecule has 0 unspecified atom stereocenters. The van der Waals surface area contributed by atoms with Crippen LogP contribution in [0.5, 0.6) is 5.75 Å². The van der Waals surface area contributed by atoms with E-state index in [4.69, 9.17) is 10.00 Å². The molecule has 0 spiro atoms. The fraction of sp³-hybridized carbons (Fsp3) is 0.200. The number of carbonyl (C=O) groups is 1. The van der Waals surface area contributed by atoms with Crippen molar-refractivity contribution >= 4 is 5.78 Å². The number of hydrogen-bond acceptors (Lipinski definition) is 3. The average Bonchev–Trinajstić information content (AvgIpc) is 2.87. The summed E-state index contributed by atoms with van der Waals surface area (Å²) < 4.78 is 6.96. The van der Waals surface area contributed by atoms with Crippen LogP contribution in [0.3, 0.4) is 0 Å². The van der Waals surface area contributed by atoms with E-state index in [9.17, 15) is 4.79 Å². The molecule has 4 heteroatoms. The highest BCUT2D eigenvalue weighted by Crippen LogP contribution is 2.13. The molecule has 0 bridgehead atoms. The smallest absolute Gasteiger partial charge is 0.182 e. The van der Waals surface area contributed by atoms with E-state index in [1.54, 1.807) is 47.2 Å². The molecule has 1 aromatic heterocycles. The molecule has 1 heterocycles. The van der Waals surface area contributed by atoms with Gasteiger partial charge in [-0.1, -0.05) is 0 Å². The van der Waals surface area contributed by atoms with Gasteiger partial charge in [0, 0.05) is 11.8 Å². The highest BCUT2D eigenvalue weighted by molar-refractivity contribution is 5.96. The van der Waals surface area contributed by atoms with Crippen LogP contribution in [-0.2, 0) is 6.54 Å². The summed E-state index contributed by atoms with van der Waals surface area (Å²) >= 11 is 0. The maximum absolute atomic E-state index is 12.1. The summed E-state index contributed by atoms with van der Waals surface area (Å²) in [6, 6.07) is 12.5. The summed E-state index contributed by atoms with van der Waals surface area (Å²) in [6.45, 7) is 2.68. The summed E-state index contributed by atoms with van der Waals surface area (Å²) in [7, 11) is 0. The molecule has 96 valence electrons. The number of benzene rings is 1. The third kappa shape index (κ3) is 3.02. The van der Waals surface area contributed by atoms with Crippen LogP contribution >= 0.6 is 0 Å². The van der Waals surface area contributed by atoms with Gasteiger partial charge < -0.3 is 9.30 Å². The Balaban J connectivity index is 2.10. The predicted molar refractivity (Wildman–Crippen MR) is 71.1 cm³/mol. The fourth-order valence-electron chi connectivity index (χ4n) is 1.80. The number of ketones is 1. The van der Waals surface area contributed by atoms with Gasteiger partial charge in [-0.2, -0.15) is 5.26 Å². The monoisotopic (exact) mass is 254 g/mol. The lowest BCUT2D eigenvalue weighted by Crippen LogP contribution is -2.10. The quantitative estimate of drug-likeness (QED) is 0.771. The normalized spacial score (nSPS) is 9.89. The first-order valence-corrected chi connectivity index (χ1v) is 6.06. The summed E-state index contributed by atoms with van der Waals surface area (Å²) in [5.41, 5.74) is 1.10. The van der Waals surface area contributed by atoms with Crippen molar-refractivity contribution in [1.82, 2.24) is 4.57 Å². The molecule has 0 saturated carbocycles. The van der Waals surface area contributed by atoms with Gasteiger partial charge in [0.05, 0.1) is 13.2 Å². The Kier molecular flexibility index (Phi) is 3.99. The maximum atomic E-state index is 12.1. The molecule has 19 heavy (non-hydrogen) atoms. The third-order valence-corrected chi connectivity index (χ3v) is 2.75. The second-order valence-corrected chi connectivity index (χ2v) is 4.01. The van der Waals surface area contributed by atoms with Crippen LogP contribution < -0.4 is 4.74 Å². The second kappa shape index (κ2) is 5.87. The Morgan fingerprint density at radius 2 is 2.05 bits per heavy atom. The van der Waals surface area contributed by atoms with Crippen molar-refractivity contribution in [2.45, 2.75) is 13.5 Å². The summed E-state index contributed by atoms with van der Waals surface area (Å²) in [5, 5.41) is 8.89. The predicted octanol–water partition coefficient (Wildman–Crippen LogP) is 2.64. The lowest BCUT2D eigenvalue weighted by Gasteiger charge is -2.06. The van der Waals surface area contributed by atoms with Gasteiger partial charge >= 0.3 is 0 Å². The van der Waals surface area contributed by atoms with Crippen molar-refractivity contribution in [2.24, 2.45) is 0 Å². The molecule has 4 nitrogen and oxygen atoms in total. The van der Waals surface area contributed by atoms with E-state index in [0.29, 0.717) is 17.9 Å². The van der Waals surface area contributed by atoms with Crippen LogP contribution in [0.4, 0.5) is 0 Å². The van der Waals surface area contributed by atoms with Crippen molar-refractivity contribution in [3.8, 4) is 11.8 Å². The lowest BCUT2D eigenvalue weighted by atomic mass is 10.1. The van der Waals surface area contributed by atoms with Gasteiger partial charge in [-0.25, -0.2) is 0 Å². The molecule has 0 N–H and O–H groups in total. The number of ether oxygens (including phenoxy) is 1. The first kappa shape index (κ1) is 12.9. The van der Waals surface area contributed by atoms with Gasteiger partial charge in [0.1, 0.15) is 17.5 Å². The Bertz CT molecular complexity index is 606. The van der Waals surface area contributed by atoms with E-state index >= 15 is 0 Å². The number of hydrogen-bond donors (Lipinski definition) is 0. The Morgan fingerprint density at radius 3 is 2.68 bits per heavy atom. The zero-order chi connectivity index (χ0) is 13.7. The Morgan fingerprint density at radius 1 is 1.32 bits per heavy atom. The molecular formula is C15H14N2O2. The van der Waals surface area contributed by atoms with Gasteiger partial charge in [-0.15, -0.1) is 0 Å². The largest absolute Gasteiger partial charge is 0.494 e. The van der Waals surface area contributed by atoms with Gasteiger partial charge in [-0.05, 0) is 43.3 Å². The van der Waals surface area contributed by atoms with Crippen molar-refractivity contribution in [3.05, 3.63) is 53.9 Å². The minimum absolute atomic E-state index is 0.0317. The van der Waals surface area contributed by atoms with E-state index in [1.807, 2.05) is 13.0 Å². The van der Waals surface area contributed by atoms with Gasteiger partial charge in [0.15, 0.2) is 5.78 Å². The van der Waals surface area contributed by atoms with E-state index < -0.39 is 0 Å². The van der Waals surface area contributed by atoms with Gasteiger partial charge in [-0.3, -0.25) is 4.79 Å². The van der Waals surface area contributed by atoms with E-state index in [2.05, 4.69) is 0 Å². The third-order valence-electron chi connectivity index (χ3n) is 2.75. The van der Waals surface area contributed by atoms with Gasteiger partial charge in [0.25, 0.3) is 0 Å². The molecule has 0 saturated heterocycles. The van der Waals surface area contributed by atoms with Crippen molar-refractivity contribution in [2.75, 3.05) is 6.61 Å². The SMILES string of the molecule is CCOc1ccc(C(=O)Cn2cccc2C#N)cc1. The van der Waals surface area contributed by atoms with Crippen LogP contribution in [0, 0.1) is 11.3 Å². The minimum atomic E-state index is -0.0317. The van der Waals surface area contributed by atoms with Crippen LogP contribution in [0.25, 0.3) is 0 Å². The van der Waals surface area contributed by atoms with Crippen molar-refractivity contribution in [1.29, 1.82) is 5.26 Å². The molecule has 0 fully saturated rings. The zero-order valence-electron chi connectivity index (χ0n) is 10.7. The number of nitriles is 1. The lowest BCUT2D eigenvalue weighted by molar-refractivity contribution is 0.0972. The van der Waals surface area contributed by atoms with Crippen LogP contribution in [0.2, 0.25) is 0 Å². The van der Waals surface area contributed by atoms with E-state index in [1.165, 1.54) is 0 Å². The standard InChI is InChI=1S/C15H14N2O2/c1-2-19-14-7-5-12(6-8-14)15(18)11-17-9-3-4-13(17)10-16/h3-9H,2,11H2,1H3. The molecule has 0 aliphatic heterocycles. The van der Waals surface area contributed by atoms with E-state index in [-0.39, 0.29) is 12.3 Å². The topological polar surface area (TPSA) is 55.0 Å². The zero-order valence-corrected chi connectivity index (χ0v) is 10.7. The molecule has 2 rings (SSSR count). The highest BCUT2D eigenvalue weighted by Gasteiger charge is 2.09. The van der Waals surface area contributed by atoms with Crippen LogP contribution in [-0.4, -0.2) is 17.0 Å². The number of Topliss-reactive ketones (excluding diaryl/α,β-unsaturated/α-hetero) is 1. The fourth-order valence-corrected chi connectivity index (χ4v) is 1.80.